The predicted molar refractivity (Wildman–Crippen MR) is 53.6 cm³/mol. The molecular formula is C11H19NO2. The molecule has 2 N–H and O–H groups in total. The van der Waals surface area contributed by atoms with E-state index in [1.165, 1.54) is 0 Å². The molecule has 2 fully saturated rings. The highest BCUT2D eigenvalue weighted by atomic mass is 16.3. The van der Waals surface area contributed by atoms with E-state index in [1.807, 2.05) is 0 Å². The van der Waals surface area contributed by atoms with E-state index in [0.717, 1.165) is 19.3 Å². The monoisotopic (exact) mass is 197 g/mol. The molecule has 0 spiro atoms. The van der Waals surface area contributed by atoms with Gasteiger partial charge < -0.3 is 10.4 Å². The minimum absolute atomic E-state index is 0.0260. The van der Waals surface area contributed by atoms with Gasteiger partial charge >= 0.3 is 0 Å². The normalized spacial score (nSPS) is 44.0. The lowest BCUT2D eigenvalue weighted by molar-refractivity contribution is -0.140. The number of amides is 1. The second-order valence-corrected chi connectivity index (χ2v) is 5.40. The van der Waals surface area contributed by atoms with Crippen LogP contribution in [0.15, 0.2) is 0 Å². The van der Waals surface area contributed by atoms with Crippen molar-refractivity contribution in [3.05, 3.63) is 0 Å². The lowest BCUT2D eigenvalue weighted by Gasteiger charge is -2.39. The number of fused-ring (bicyclic) bond motifs is 2. The first-order valence-electron chi connectivity index (χ1n) is 5.35. The minimum atomic E-state index is -0.483. The Morgan fingerprint density at radius 1 is 1.50 bits per heavy atom. The molecule has 80 valence electrons. The summed E-state index contributed by atoms with van der Waals surface area (Å²) in [4.78, 5) is 11.8. The Balaban J connectivity index is 2.35. The summed E-state index contributed by atoms with van der Waals surface area (Å²) in [7, 11) is 1.66. The first kappa shape index (κ1) is 9.97. The Labute approximate surface area is 84.9 Å². The molecule has 0 aromatic rings. The predicted octanol–water partition coefficient (Wildman–Crippen LogP) is 0.920. The van der Waals surface area contributed by atoms with Crippen LogP contribution in [0.3, 0.4) is 0 Å². The van der Waals surface area contributed by atoms with Gasteiger partial charge in [-0.25, -0.2) is 0 Å². The largest absolute Gasteiger partial charge is 0.391 e. The fraction of sp³-hybridized carbons (Fsp3) is 0.909. The summed E-state index contributed by atoms with van der Waals surface area (Å²) in [5.41, 5.74) is -0.576. The van der Waals surface area contributed by atoms with Crippen LogP contribution in [-0.2, 0) is 4.79 Å². The van der Waals surface area contributed by atoms with Crippen LogP contribution >= 0.6 is 0 Å². The summed E-state index contributed by atoms with van der Waals surface area (Å²) in [6.45, 7) is 4.15. The molecule has 0 aromatic heterocycles. The number of hydrogen-bond acceptors (Lipinski definition) is 2. The van der Waals surface area contributed by atoms with E-state index >= 15 is 0 Å². The molecule has 0 unspecified atom stereocenters. The highest BCUT2D eigenvalue weighted by Gasteiger charge is 2.64. The third-order valence-electron chi connectivity index (χ3n) is 4.51. The van der Waals surface area contributed by atoms with Crippen LogP contribution in [-0.4, -0.2) is 24.2 Å². The third kappa shape index (κ3) is 0.937. The maximum atomic E-state index is 11.8. The van der Waals surface area contributed by atoms with Gasteiger partial charge in [0.1, 0.15) is 0 Å². The molecule has 3 heteroatoms. The van der Waals surface area contributed by atoms with E-state index in [2.05, 4.69) is 19.2 Å². The second-order valence-electron chi connectivity index (χ2n) is 5.40. The summed E-state index contributed by atoms with van der Waals surface area (Å²) in [5, 5.41) is 12.9. The van der Waals surface area contributed by atoms with Crippen LogP contribution < -0.4 is 5.32 Å². The maximum Gasteiger partial charge on any atom is 0.228 e. The van der Waals surface area contributed by atoms with Crippen molar-refractivity contribution in [1.29, 1.82) is 0 Å². The van der Waals surface area contributed by atoms with Crippen molar-refractivity contribution in [3.8, 4) is 0 Å². The van der Waals surface area contributed by atoms with Crippen molar-refractivity contribution >= 4 is 5.91 Å². The zero-order chi connectivity index (χ0) is 10.6. The second kappa shape index (κ2) is 2.72. The Morgan fingerprint density at radius 3 is 2.57 bits per heavy atom. The zero-order valence-electron chi connectivity index (χ0n) is 9.13. The molecule has 2 aliphatic carbocycles. The molecule has 3 nitrogen and oxygen atoms in total. The van der Waals surface area contributed by atoms with E-state index in [1.54, 1.807) is 7.05 Å². The molecule has 2 rings (SSSR count). The van der Waals surface area contributed by atoms with Gasteiger partial charge in [0.05, 0.1) is 11.5 Å². The van der Waals surface area contributed by atoms with Crippen LogP contribution in [0.25, 0.3) is 0 Å². The molecular weight excluding hydrogens is 178 g/mol. The summed E-state index contributed by atoms with van der Waals surface area (Å²) in [6.07, 6.45) is 2.31. The van der Waals surface area contributed by atoms with E-state index in [9.17, 15) is 9.90 Å². The first-order valence-corrected chi connectivity index (χ1v) is 5.35. The standard InChI is InChI=1S/C11H19NO2/c1-10(2)7-4-5-11(6-7,8(10)13)9(14)12-3/h7-8,13H,4-6H2,1-3H3,(H,12,14)/t7-,8+,11-/m1/s1. The lowest BCUT2D eigenvalue weighted by atomic mass is 9.69. The number of aliphatic hydroxyl groups excluding tert-OH is 1. The first-order chi connectivity index (χ1) is 6.45. The van der Waals surface area contributed by atoms with Crippen LogP contribution in [0.4, 0.5) is 0 Å². The Kier molecular flexibility index (Phi) is 1.94. The highest BCUT2D eigenvalue weighted by molar-refractivity contribution is 5.84. The van der Waals surface area contributed by atoms with Crippen LogP contribution in [0, 0.1) is 16.7 Å². The molecule has 0 heterocycles. The van der Waals surface area contributed by atoms with Gasteiger partial charge in [0, 0.05) is 7.05 Å². The van der Waals surface area contributed by atoms with Gasteiger partial charge in [-0.3, -0.25) is 4.79 Å². The van der Waals surface area contributed by atoms with Crippen molar-refractivity contribution < 1.29 is 9.90 Å². The van der Waals surface area contributed by atoms with Crippen LogP contribution in [0.5, 0.6) is 0 Å². The van der Waals surface area contributed by atoms with Crippen molar-refractivity contribution in [2.45, 2.75) is 39.2 Å². The topological polar surface area (TPSA) is 49.3 Å². The fourth-order valence-corrected chi connectivity index (χ4v) is 3.47. The van der Waals surface area contributed by atoms with Crippen molar-refractivity contribution in [3.63, 3.8) is 0 Å². The Bertz CT molecular complexity index is 274. The maximum absolute atomic E-state index is 11.8. The number of carbonyl (C=O) groups is 1. The molecule has 1 amide bonds. The minimum Gasteiger partial charge on any atom is -0.391 e. The average molecular weight is 197 g/mol. The van der Waals surface area contributed by atoms with Crippen molar-refractivity contribution in [2.24, 2.45) is 16.7 Å². The number of carbonyl (C=O) groups excluding carboxylic acids is 1. The molecule has 2 saturated carbocycles. The SMILES string of the molecule is CNC(=O)[C@]12CC[C@H](C1)C(C)(C)[C@@H]2O. The van der Waals surface area contributed by atoms with Gasteiger partial charge in [-0.2, -0.15) is 0 Å². The van der Waals surface area contributed by atoms with Crippen molar-refractivity contribution in [2.75, 3.05) is 7.05 Å². The molecule has 3 atom stereocenters. The van der Waals surface area contributed by atoms with Gasteiger partial charge in [-0.05, 0) is 30.6 Å². The average Bonchev–Trinajstić information content (AvgIpc) is 2.66. The summed E-state index contributed by atoms with van der Waals surface area (Å²) < 4.78 is 0. The van der Waals surface area contributed by atoms with E-state index in [4.69, 9.17) is 0 Å². The number of nitrogens with one attached hydrogen (secondary N) is 1. The molecule has 0 aromatic carbocycles. The van der Waals surface area contributed by atoms with E-state index in [0.29, 0.717) is 5.92 Å². The molecule has 0 aliphatic heterocycles. The number of aliphatic hydroxyl groups is 1. The van der Waals surface area contributed by atoms with E-state index < -0.39 is 11.5 Å². The number of rotatable bonds is 1. The van der Waals surface area contributed by atoms with Crippen LogP contribution in [0.2, 0.25) is 0 Å². The quantitative estimate of drug-likeness (QED) is 0.656. The van der Waals surface area contributed by atoms with Gasteiger partial charge in [0.15, 0.2) is 0 Å². The van der Waals surface area contributed by atoms with Crippen LogP contribution in [0.1, 0.15) is 33.1 Å². The molecule has 0 saturated heterocycles. The molecule has 2 aliphatic rings. The highest BCUT2D eigenvalue weighted by Crippen LogP contribution is 2.62. The van der Waals surface area contributed by atoms with Gasteiger partial charge in [0.25, 0.3) is 0 Å². The smallest absolute Gasteiger partial charge is 0.228 e. The molecule has 0 radical (unpaired) electrons. The Hall–Kier alpha value is -0.570. The zero-order valence-corrected chi connectivity index (χ0v) is 9.13. The van der Waals surface area contributed by atoms with Gasteiger partial charge in [-0.15, -0.1) is 0 Å². The summed E-state index contributed by atoms with van der Waals surface area (Å²) in [5.74, 6) is 0.535. The van der Waals surface area contributed by atoms with Gasteiger partial charge in [0.2, 0.25) is 5.91 Å². The summed E-state index contributed by atoms with van der Waals surface area (Å²) >= 11 is 0. The Morgan fingerprint density at radius 2 is 2.14 bits per heavy atom. The fourth-order valence-electron chi connectivity index (χ4n) is 3.47. The lowest BCUT2D eigenvalue weighted by Crippen LogP contribution is -2.49. The van der Waals surface area contributed by atoms with Crippen molar-refractivity contribution in [1.82, 2.24) is 5.32 Å². The van der Waals surface area contributed by atoms with E-state index in [-0.39, 0.29) is 11.3 Å². The number of hydrogen-bond donors (Lipinski definition) is 2. The summed E-state index contributed by atoms with van der Waals surface area (Å²) in [6, 6.07) is 0. The molecule has 14 heavy (non-hydrogen) atoms. The van der Waals surface area contributed by atoms with Gasteiger partial charge in [-0.1, -0.05) is 13.8 Å². The third-order valence-corrected chi connectivity index (χ3v) is 4.51. The molecule has 2 bridgehead atoms.